The minimum Gasteiger partial charge on any atom is -0.324 e. The van der Waals surface area contributed by atoms with Crippen molar-refractivity contribution in [2.24, 2.45) is 7.05 Å². The van der Waals surface area contributed by atoms with Gasteiger partial charge in [0, 0.05) is 12.7 Å². The Morgan fingerprint density at radius 1 is 1.29 bits per heavy atom. The predicted molar refractivity (Wildman–Crippen MR) is 126 cm³/mol. The van der Waals surface area contributed by atoms with Crippen LogP contribution in [0, 0.1) is 9.77 Å². The summed E-state index contributed by atoms with van der Waals surface area (Å²) in [4.78, 5) is 29.8. The molecule has 0 atom stereocenters. The van der Waals surface area contributed by atoms with Crippen LogP contribution < -0.4 is 10.9 Å². The van der Waals surface area contributed by atoms with Gasteiger partial charge in [0.2, 0.25) is 5.91 Å². The average Bonchev–Trinajstić information content (AvgIpc) is 3.08. The number of hydrogen-bond donors (Lipinski definition) is 1. The van der Waals surface area contributed by atoms with Gasteiger partial charge in [-0.05, 0) is 42.5 Å². The van der Waals surface area contributed by atoms with Gasteiger partial charge < -0.3 is 5.32 Å². The molecular formula is C20H14ClFN4O2S3. The number of aromatic nitrogens is 3. The summed E-state index contributed by atoms with van der Waals surface area (Å²) in [6.45, 7) is 0. The first-order valence-corrected chi connectivity index (χ1v) is 11.5. The maximum atomic E-state index is 13.2. The van der Waals surface area contributed by atoms with Gasteiger partial charge >= 0.3 is 0 Å². The Kier molecular flexibility index (Phi) is 6.24. The summed E-state index contributed by atoms with van der Waals surface area (Å²) >= 11 is 13.7. The van der Waals surface area contributed by atoms with Gasteiger partial charge in [0.1, 0.15) is 10.5 Å². The molecule has 6 nitrogen and oxygen atoms in total. The maximum absolute atomic E-state index is 13.2. The molecule has 158 valence electrons. The highest BCUT2D eigenvalue weighted by atomic mass is 35.5. The zero-order valence-corrected chi connectivity index (χ0v) is 19.2. The minimum absolute atomic E-state index is 0.0182. The van der Waals surface area contributed by atoms with Crippen molar-refractivity contribution >= 4 is 68.9 Å². The summed E-state index contributed by atoms with van der Waals surface area (Å²) < 4.78 is 17.3. The number of benzene rings is 2. The molecule has 0 unspecified atom stereocenters. The third-order valence-electron chi connectivity index (χ3n) is 4.33. The minimum atomic E-state index is -0.492. The normalized spacial score (nSPS) is 11.1. The molecule has 1 amide bonds. The van der Waals surface area contributed by atoms with Crippen molar-refractivity contribution in [3.63, 3.8) is 0 Å². The van der Waals surface area contributed by atoms with Crippen molar-refractivity contribution < 1.29 is 9.18 Å². The molecule has 0 aliphatic heterocycles. The van der Waals surface area contributed by atoms with E-state index in [1.54, 1.807) is 11.6 Å². The molecule has 0 bridgehead atoms. The second kappa shape index (κ2) is 8.91. The largest absolute Gasteiger partial charge is 0.324 e. The van der Waals surface area contributed by atoms with E-state index in [1.807, 2.05) is 30.3 Å². The Balaban J connectivity index is 1.63. The Morgan fingerprint density at radius 2 is 2.03 bits per heavy atom. The highest BCUT2D eigenvalue weighted by molar-refractivity contribution is 7.99. The van der Waals surface area contributed by atoms with Gasteiger partial charge in [0.15, 0.2) is 14.8 Å². The lowest BCUT2D eigenvalue weighted by Crippen LogP contribution is -2.21. The van der Waals surface area contributed by atoms with E-state index in [4.69, 9.17) is 23.8 Å². The van der Waals surface area contributed by atoms with E-state index >= 15 is 0 Å². The Morgan fingerprint density at radius 3 is 2.74 bits per heavy atom. The van der Waals surface area contributed by atoms with E-state index < -0.39 is 5.82 Å². The van der Waals surface area contributed by atoms with Crippen LogP contribution in [-0.4, -0.2) is 25.8 Å². The standard InChI is InChI=1S/C20H14ClFN4O2S3/c1-25-18(28)16-17(26(20(29)31-16)12-5-3-2-4-6-12)24-19(25)30-10-15(27)23-14-8-7-11(22)9-13(14)21/h2-9H,10H2,1H3,(H,23,27). The molecule has 4 rings (SSSR count). The van der Waals surface area contributed by atoms with E-state index in [1.165, 1.54) is 28.0 Å². The van der Waals surface area contributed by atoms with Crippen LogP contribution in [0.1, 0.15) is 0 Å². The fourth-order valence-corrected chi connectivity index (χ4v) is 5.18. The van der Waals surface area contributed by atoms with Gasteiger partial charge in [-0.1, -0.05) is 52.9 Å². The Labute approximate surface area is 194 Å². The zero-order valence-electron chi connectivity index (χ0n) is 16.0. The number of thioether (sulfide) groups is 1. The quantitative estimate of drug-likeness (QED) is 0.240. The number of rotatable bonds is 5. The van der Waals surface area contributed by atoms with Crippen molar-refractivity contribution in [3.05, 3.63) is 73.7 Å². The van der Waals surface area contributed by atoms with E-state index in [9.17, 15) is 14.0 Å². The van der Waals surface area contributed by atoms with E-state index in [2.05, 4.69) is 10.3 Å². The van der Waals surface area contributed by atoms with E-state index in [-0.39, 0.29) is 22.2 Å². The van der Waals surface area contributed by atoms with Gasteiger partial charge in [-0.25, -0.2) is 9.37 Å². The molecule has 11 heteroatoms. The lowest BCUT2D eigenvalue weighted by atomic mass is 10.3. The molecule has 0 fully saturated rings. The summed E-state index contributed by atoms with van der Waals surface area (Å²) in [5, 5.41) is 3.10. The zero-order chi connectivity index (χ0) is 22.1. The molecule has 0 aliphatic rings. The maximum Gasteiger partial charge on any atom is 0.273 e. The molecule has 31 heavy (non-hydrogen) atoms. The van der Waals surface area contributed by atoms with Crippen molar-refractivity contribution in [3.8, 4) is 5.69 Å². The highest BCUT2D eigenvalue weighted by Gasteiger charge is 2.17. The molecule has 0 spiro atoms. The first-order chi connectivity index (χ1) is 14.8. The number of fused-ring (bicyclic) bond motifs is 1. The molecule has 0 saturated heterocycles. The number of amides is 1. The van der Waals surface area contributed by atoms with Crippen LogP contribution >= 0.6 is 46.9 Å². The van der Waals surface area contributed by atoms with Crippen molar-refractivity contribution in [2.45, 2.75) is 5.16 Å². The molecule has 2 aromatic heterocycles. The number of hydrogen-bond acceptors (Lipinski definition) is 6. The Hall–Kier alpha value is -2.53. The molecule has 1 N–H and O–H groups in total. The molecule has 0 aliphatic carbocycles. The number of anilines is 1. The van der Waals surface area contributed by atoms with Crippen LogP contribution in [0.15, 0.2) is 58.5 Å². The summed E-state index contributed by atoms with van der Waals surface area (Å²) in [5.74, 6) is -0.873. The van der Waals surface area contributed by atoms with Crippen LogP contribution in [0.5, 0.6) is 0 Å². The van der Waals surface area contributed by atoms with Crippen LogP contribution in [0.3, 0.4) is 0 Å². The number of carbonyl (C=O) groups is 1. The van der Waals surface area contributed by atoms with Gasteiger partial charge in [-0.2, -0.15) is 0 Å². The summed E-state index contributed by atoms with van der Waals surface area (Å²) in [6.07, 6.45) is 0. The number of nitrogens with zero attached hydrogens (tertiary/aromatic N) is 3. The lowest BCUT2D eigenvalue weighted by Gasteiger charge is -2.10. The summed E-state index contributed by atoms with van der Waals surface area (Å²) in [7, 11) is 1.60. The summed E-state index contributed by atoms with van der Waals surface area (Å²) in [5.41, 5.74) is 1.33. The van der Waals surface area contributed by atoms with Crippen molar-refractivity contribution in [2.75, 3.05) is 11.1 Å². The van der Waals surface area contributed by atoms with Gasteiger partial charge in [0.05, 0.1) is 16.5 Å². The number of halogens is 2. The molecule has 2 heterocycles. The van der Waals surface area contributed by atoms with E-state index in [0.717, 1.165) is 23.5 Å². The van der Waals surface area contributed by atoms with E-state index in [0.29, 0.717) is 25.1 Å². The van der Waals surface area contributed by atoms with Crippen molar-refractivity contribution in [1.29, 1.82) is 0 Å². The monoisotopic (exact) mass is 492 g/mol. The van der Waals surface area contributed by atoms with Crippen molar-refractivity contribution in [1.82, 2.24) is 14.1 Å². The SMILES string of the molecule is Cn1c(SCC(=O)Nc2ccc(F)cc2Cl)nc2c(sc(=S)n2-c2ccccc2)c1=O. The Bertz CT molecular complexity index is 1420. The van der Waals surface area contributed by atoms with Gasteiger partial charge in [0.25, 0.3) is 5.56 Å². The third kappa shape index (κ3) is 4.42. The van der Waals surface area contributed by atoms with Gasteiger partial charge in [-0.15, -0.1) is 0 Å². The van der Waals surface area contributed by atoms with Crippen LogP contribution in [0.2, 0.25) is 5.02 Å². The molecule has 2 aromatic carbocycles. The molecular weight excluding hydrogens is 479 g/mol. The topological polar surface area (TPSA) is 68.9 Å². The fourth-order valence-electron chi connectivity index (χ4n) is 2.85. The van der Waals surface area contributed by atoms with Crippen LogP contribution in [-0.2, 0) is 11.8 Å². The predicted octanol–water partition coefficient (Wildman–Crippen LogP) is 5.04. The lowest BCUT2D eigenvalue weighted by molar-refractivity contribution is -0.113. The highest BCUT2D eigenvalue weighted by Crippen LogP contribution is 2.26. The molecule has 0 saturated carbocycles. The number of thiazole rings is 1. The molecule has 4 aromatic rings. The number of nitrogens with one attached hydrogen (secondary N) is 1. The average molecular weight is 493 g/mol. The fraction of sp³-hybridized carbons (Fsp3) is 0.100. The number of carbonyl (C=O) groups excluding carboxylic acids is 1. The number of para-hydroxylation sites is 1. The van der Waals surface area contributed by atoms with Gasteiger partial charge in [-0.3, -0.25) is 18.7 Å². The van der Waals surface area contributed by atoms with Crippen LogP contribution in [0.25, 0.3) is 16.0 Å². The first kappa shape index (κ1) is 21.7. The molecule has 0 radical (unpaired) electrons. The first-order valence-electron chi connectivity index (χ1n) is 8.91. The second-order valence-electron chi connectivity index (χ2n) is 6.41. The van der Waals surface area contributed by atoms with Crippen LogP contribution in [0.4, 0.5) is 10.1 Å². The smallest absolute Gasteiger partial charge is 0.273 e. The summed E-state index contributed by atoms with van der Waals surface area (Å²) in [6, 6.07) is 13.1. The second-order valence-corrected chi connectivity index (χ2v) is 9.41. The third-order valence-corrected chi connectivity index (χ3v) is 7.02.